The largest absolute Gasteiger partial charge is 0.478 e. The highest BCUT2D eigenvalue weighted by Gasteiger charge is 2.16. The molecule has 1 aliphatic heterocycles. The molecular formula is C12H15NO2. The van der Waals surface area contributed by atoms with Crippen molar-refractivity contribution in [1.82, 2.24) is 0 Å². The minimum Gasteiger partial charge on any atom is -0.478 e. The Bertz CT molecular complexity index is 387. The molecule has 0 aromatic heterocycles. The molecule has 1 heterocycles. The molecule has 0 saturated heterocycles. The van der Waals surface area contributed by atoms with Crippen molar-refractivity contribution >= 4 is 11.7 Å². The van der Waals surface area contributed by atoms with Crippen LogP contribution in [-0.2, 0) is 6.42 Å². The molecule has 3 heteroatoms. The fourth-order valence-corrected chi connectivity index (χ4v) is 2.14. The second kappa shape index (κ2) is 3.93. The van der Waals surface area contributed by atoms with Crippen molar-refractivity contribution in [2.45, 2.75) is 19.8 Å². The molecule has 0 saturated carbocycles. The number of benzene rings is 1. The van der Waals surface area contributed by atoms with Crippen LogP contribution in [0.15, 0.2) is 18.2 Å². The Balaban J connectivity index is 2.40. The van der Waals surface area contributed by atoms with E-state index in [0.29, 0.717) is 5.56 Å². The lowest BCUT2D eigenvalue weighted by molar-refractivity contribution is 0.0697. The maximum atomic E-state index is 10.8. The Hall–Kier alpha value is -1.51. The van der Waals surface area contributed by atoms with E-state index in [1.165, 1.54) is 11.3 Å². The summed E-state index contributed by atoms with van der Waals surface area (Å²) in [6, 6.07) is 5.43. The minimum atomic E-state index is -0.841. The smallest absolute Gasteiger partial charge is 0.335 e. The lowest BCUT2D eigenvalue weighted by Gasteiger charge is -2.30. The van der Waals surface area contributed by atoms with Crippen molar-refractivity contribution < 1.29 is 9.90 Å². The normalized spacial score (nSPS) is 14.9. The molecule has 2 rings (SSSR count). The van der Waals surface area contributed by atoms with Gasteiger partial charge in [-0.1, -0.05) is 0 Å². The lowest BCUT2D eigenvalue weighted by atomic mass is 9.99. The molecule has 0 aliphatic carbocycles. The van der Waals surface area contributed by atoms with Crippen molar-refractivity contribution in [2.24, 2.45) is 0 Å². The van der Waals surface area contributed by atoms with Crippen LogP contribution in [0, 0.1) is 0 Å². The summed E-state index contributed by atoms with van der Waals surface area (Å²) in [6.45, 7) is 4.19. The van der Waals surface area contributed by atoms with E-state index in [1.54, 1.807) is 12.1 Å². The van der Waals surface area contributed by atoms with E-state index in [2.05, 4.69) is 11.8 Å². The zero-order valence-corrected chi connectivity index (χ0v) is 8.86. The number of aromatic carboxylic acids is 1. The number of nitrogens with zero attached hydrogens (tertiary/aromatic N) is 1. The summed E-state index contributed by atoms with van der Waals surface area (Å²) in [5.74, 6) is -0.841. The molecule has 1 aromatic carbocycles. The number of hydrogen-bond donors (Lipinski definition) is 1. The molecule has 0 fully saturated rings. The molecule has 0 bridgehead atoms. The summed E-state index contributed by atoms with van der Waals surface area (Å²) in [6.07, 6.45) is 2.11. The first-order chi connectivity index (χ1) is 7.22. The lowest BCUT2D eigenvalue weighted by Crippen LogP contribution is -2.29. The molecule has 1 aliphatic rings. The van der Waals surface area contributed by atoms with Crippen molar-refractivity contribution in [3.05, 3.63) is 29.3 Å². The average Bonchev–Trinajstić information content (AvgIpc) is 2.27. The number of carbonyl (C=O) groups is 1. The number of anilines is 1. The van der Waals surface area contributed by atoms with E-state index in [9.17, 15) is 4.79 Å². The Morgan fingerprint density at radius 1 is 1.53 bits per heavy atom. The van der Waals surface area contributed by atoms with Gasteiger partial charge in [-0.25, -0.2) is 4.79 Å². The third-order valence-electron chi connectivity index (χ3n) is 2.92. The van der Waals surface area contributed by atoms with Crippen LogP contribution in [0.1, 0.15) is 29.3 Å². The first kappa shape index (κ1) is 10.0. The zero-order valence-electron chi connectivity index (χ0n) is 8.86. The number of aryl methyl sites for hydroxylation is 1. The van der Waals surface area contributed by atoms with Crippen LogP contribution in [-0.4, -0.2) is 24.2 Å². The van der Waals surface area contributed by atoms with Gasteiger partial charge >= 0.3 is 5.97 Å². The third-order valence-corrected chi connectivity index (χ3v) is 2.92. The number of rotatable bonds is 2. The van der Waals surface area contributed by atoms with Crippen molar-refractivity contribution in [3.8, 4) is 0 Å². The van der Waals surface area contributed by atoms with Gasteiger partial charge in [0.05, 0.1) is 5.56 Å². The van der Waals surface area contributed by atoms with E-state index in [-0.39, 0.29) is 0 Å². The zero-order chi connectivity index (χ0) is 10.8. The minimum absolute atomic E-state index is 0.395. The summed E-state index contributed by atoms with van der Waals surface area (Å²) in [5, 5.41) is 8.90. The third kappa shape index (κ3) is 1.82. The second-order valence-electron chi connectivity index (χ2n) is 3.83. The molecule has 1 N–H and O–H groups in total. The highest BCUT2D eigenvalue weighted by Crippen LogP contribution is 2.27. The van der Waals surface area contributed by atoms with Gasteiger partial charge in [0.2, 0.25) is 0 Å². The molecule has 0 atom stereocenters. The van der Waals surface area contributed by atoms with Crippen molar-refractivity contribution in [3.63, 3.8) is 0 Å². The SMILES string of the molecule is CCN1CCCc2cc(C(=O)O)ccc21. The molecule has 3 nitrogen and oxygen atoms in total. The van der Waals surface area contributed by atoms with Gasteiger partial charge in [-0.3, -0.25) is 0 Å². The predicted molar refractivity (Wildman–Crippen MR) is 59.6 cm³/mol. The van der Waals surface area contributed by atoms with Gasteiger partial charge in [0.15, 0.2) is 0 Å². The maximum Gasteiger partial charge on any atom is 0.335 e. The van der Waals surface area contributed by atoms with E-state index in [4.69, 9.17) is 5.11 Å². The fraction of sp³-hybridized carbons (Fsp3) is 0.417. The van der Waals surface area contributed by atoms with Gasteiger partial charge in [0, 0.05) is 18.8 Å². The van der Waals surface area contributed by atoms with E-state index < -0.39 is 5.97 Å². The Morgan fingerprint density at radius 3 is 3.00 bits per heavy atom. The average molecular weight is 205 g/mol. The van der Waals surface area contributed by atoms with Crippen LogP contribution < -0.4 is 4.90 Å². The summed E-state index contributed by atoms with van der Waals surface area (Å²) >= 11 is 0. The van der Waals surface area contributed by atoms with E-state index >= 15 is 0 Å². The van der Waals surface area contributed by atoms with E-state index in [0.717, 1.165) is 25.9 Å². The van der Waals surface area contributed by atoms with E-state index in [1.807, 2.05) is 6.07 Å². The maximum absolute atomic E-state index is 10.8. The van der Waals surface area contributed by atoms with Gasteiger partial charge in [0.1, 0.15) is 0 Å². The van der Waals surface area contributed by atoms with Gasteiger partial charge in [-0.15, -0.1) is 0 Å². The highest BCUT2D eigenvalue weighted by atomic mass is 16.4. The molecule has 0 spiro atoms. The van der Waals surface area contributed by atoms with Gasteiger partial charge in [-0.2, -0.15) is 0 Å². The van der Waals surface area contributed by atoms with Crippen LogP contribution >= 0.6 is 0 Å². The van der Waals surface area contributed by atoms with Crippen LogP contribution in [0.25, 0.3) is 0 Å². The molecule has 1 aromatic rings. The van der Waals surface area contributed by atoms with Crippen LogP contribution in [0.4, 0.5) is 5.69 Å². The standard InChI is InChI=1S/C12H15NO2/c1-2-13-7-3-4-9-8-10(12(14)15)5-6-11(9)13/h5-6,8H,2-4,7H2,1H3,(H,14,15). The Labute approximate surface area is 89.3 Å². The molecule has 0 amide bonds. The van der Waals surface area contributed by atoms with Crippen LogP contribution in [0.2, 0.25) is 0 Å². The molecule has 80 valence electrons. The summed E-state index contributed by atoms with van der Waals surface area (Å²) in [5.41, 5.74) is 2.77. The summed E-state index contributed by atoms with van der Waals surface area (Å²) < 4.78 is 0. The van der Waals surface area contributed by atoms with Gasteiger partial charge in [-0.05, 0) is 43.5 Å². The molecule has 15 heavy (non-hydrogen) atoms. The second-order valence-corrected chi connectivity index (χ2v) is 3.83. The summed E-state index contributed by atoms with van der Waals surface area (Å²) in [7, 11) is 0. The highest BCUT2D eigenvalue weighted by molar-refractivity contribution is 5.88. The molecule has 0 unspecified atom stereocenters. The quantitative estimate of drug-likeness (QED) is 0.804. The number of carboxylic acids is 1. The summed E-state index contributed by atoms with van der Waals surface area (Å²) in [4.78, 5) is 13.1. The molecular weight excluding hydrogens is 190 g/mol. The van der Waals surface area contributed by atoms with Crippen molar-refractivity contribution in [2.75, 3.05) is 18.0 Å². The van der Waals surface area contributed by atoms with Gasteiger partial charge in [0.25, 0.3) is 0 Å². The monoisotopic (exact) mass is 205 g/mol. The number of carboxylic acid groups (broad SMARTS) is 1. The van der Waals surface area contributed by atoms with Crippen LogP contribution in [0.5, 0.6) is 0 Å². The Morgan fingerprint density at radius 2 is 2.33 bits per heavy atom. The van der Waals surface area contributed by atoms with Crippen molar-refractivity contribution in [1.29, 1.82) is 0 Å². The topological polar surface area (TPSA) is 40.5 Å². The number of fused-ring (bicyclic) bond motifs is 1. The van der Waals surface area contributed by atoms with Crippen LogP contribution in [0.3, 0.4) is 0 Å². The fourth-order valence-electron chi connectivity index (χ4n) is 2.14. The molecule has 0 radical (unpaired) electrons. The first-order valence-corrected chi connectivity index (χ1v) is 5.33. The first-order valence-electron chi connectivity index (χ1n) is 5.33. The van der Waals surface area contributed by atoms with Gasteiger partial charge < -0.3 is 10.0 Å². The Kier molecular flexibility index (Phi) is 2.62. The number of hydrogen-bond acceptors (Lipinski definition) is 2. The predicted octanol–water partition coefficient (Wildman–Crippen LogP) is 2.16.